The van der Waals surface area contributed by atoms with E-state index in [-0.39, 0.29) is 18.0 Å². The maximum Gasteiger partial charge on any atom is 0.322 e. The van der Waals surface area contributed by atoms with Crippen molar-refractivity contribution in [1.82, 2.24) is 9.88 Å². The van der Waals surface area contributed by atoms with E-state index in [1.807, 2.05) is 41.3 Å². The summed E-state index contributed by atoms with van der Waals surface area (Å²) in [7, 11) is 3.19. The van der Waals surface area contributed by atoms with Crippen LogP contribution in [0.3, 0.4) is 0 Å². The van der Waals surface area contributed by atoms with Gasteiger partial charge in [0.05, 0.1) is 25.9 Å². The van der Waals surface area contributed by atoms with E-state index in [2.05, 4.69) is 47.6 Å². The van der Waals surface area contributed by atoms with Gasteiger partial charge in [-0.15, -0.1) is 0 Å². The number of nitrogens with zero attached hydrogens (tertiary/aromatic N) is 1. The molecule has 2 amide bonds. The highest BCUT2D eigenvalue weighted by Crippen LogP contribution is 2.42. The molecule has 3 aromatic carbocycles. The smallest absolute Gasteiger partial charge is 0.322 e. The minimum Gasteiger partial charge on any atom is -0.497 e. The lowest BCUT2D eigenvalue weighted by Crippen LogP contribution is -2.44. The van der Waals surface area contributed by atoms with Gasteiger partial charge >= 0.3 is 6.03 Å². The molecule has 0 spiro atoms. The van der Waals surface area contributed by atoms with Gasteiger partial charge in [0, 0.05) is 35.1 Å². The molecule has 2 N–H and O–H groups in total. The molecular weight excluding hydrogens is 426 g/mol. The number of urea groups is 1. The Kier molecular flexibility index (Phi) is 5.88. The fourth-order valence-corrected chi connectivity index (χ4v) is 5.05. The largest absolute Gasteiger partial charge is 0.497 e. The number of aromatic nitrogens is 1. The first-order valence-corrected chi connectivity index (χ1v) is 11.5. The molecule has 1 aliphatic heterocycles. The number of benzene rings is 3. The third-order valence-electron chi connectivity index (χ3n) is 6.79. The standard InChI is InChI=1S/C28H29N3O3/c1-18(19-9-5-4-6-10-19)27-26-22(21-11-7-8-12-23(21)29-26)15-16-31(27)28(32)30-24-14-13-20(33-2)17-25(24)34-3/h4-14,17-18,27,29H,15-16H2,1-3H3,(H,30,32). The van der Waals surface area contributed by atoms with E-state index in [9.17, 15) is 4.79 Å². The summed E-state index contributed by atoms with van der Waals surface area (Å²) in [6.45, 7) is 2.82. The van der Waals surface area contributed by atoms with Crippen LogP contribution in [-0.2, 0) is 6.42 Å². The number of hydrogen-bond donors (Lipinski definition) is 2. The van der Waals surface area contributed by atoms with Gasteiger partial charge in [0.1, 0.15) is 11.5 Å². The lowest BCUT2D eigenvalue weighted by Gasteiger charge is -2.39. The number of nitrogens with one attached hydrogen (secondary N) is 2. The predicted molar refractivity (Wildman–Crippen MR) is 135 cm³/mol. The fraction of sp³-hybridized carbons (Fsp3) is 0.250. The molecule has 6 nitrogen and oxygen atoms in total. The first-order chi connectivity index (χ1) is 16.6. The molecular formula is C28H29N3O3. The Morgan fingerprint density at radius 2 is 1.79 bits per heavy atom. The van der Waals surface area contributed by atoms with E-state index in [0.717, 1.165) is 17.6 Å². The Morgan fingerprint density at radius 1 is 1.03 bits per heavy atom. The number of amides is 2. The van der Waals surface area contributed by atoms with E-state index < -0.39 is 0 Å². The molecule has 1 aliphatic rings. The van der Waals surface area contributed by atoms with E-state index in [1.165, 1.54) is 16.5 Å². The second-order valence-electron chi connectivity index (χ2n) is 8.65. The average Bonchev–Trinajstić information content (AvgIpc) is 3.27. The van der Waals surface area contributed by atoms with Crippen molar-refractivity contribution < 1.29 is 14.3 Å². The third kappa shape index (κ3) is 3.85. The van der Waals surface area contributed by atoms with E-state index >= 15 is 0 Å². The Labute approximate surface area is 199 Å². The maximum absolute atomic E-state index is 13.7. The molecule has 2 unspecified atom stereocenters. The molecule has 5 rings (SSSR count). The SMILES string of the molecule is COc1ccc(NC(=O)N2CCc3c([nH]c4ccccc34)C2C(C)c2ccccc2)c(OC)c1. The van der Waals surface area contributed by atoms with Crippen LogP contribution in [-0.4, -0.2) is 36.7 Å². The van der Waals surface area contributed by atoms with Gasteiger partial charge in [-0.3, -0.25) is 0 Å². The minimum atomic E-state index is -0.152. The first kappa shape index (κ1) is 21.9. The highest BCUT2D eigenvalue weighted by atomic mass is 16.5. The number of carbonyl (C=O) groups excluding carboxylic acids is 1. The number of methoxy groups -OCH3 is 2. The lowest BCUT2D eigenvalue weighted by atomic mass is 9.85. The predicted octanol–water partition coefficient (Wildman–Crippen LogP) is 6.12. The van der Waals surface area contributed by atoms with Crippen molar-refractivity contribution in [2.75, 3.05) is 26.1 Å². The molecule has 34 heavy (non-hydrogen) atoms. The van der Waals surface area contributed by atoms with E-state index in [1.54, 1.807) is 20.3 Å². The lowest BCUT2D eigenvalue weighted by molar-refractivity contribution is 0.170. The second-order valence-corrected chi connectivity index (χ2v) is 8.65. The Balaban J connectivity index is 1.53. The van der Waals surface area contributed by atoms with Gasteiger partial charge in [0.15, 0.2) is 0 Å². The zero-order valence-corrected chi connectivity index (χ0v) is 19.7. The molecule has 0 bridgehead atoms. The number of anilines is 1. The molecule has 0 fully saturated rings. The normalized spacial score (nSPS) is 16.1. The highest BCUT2D eigenvalue weighted by Gasteiger charge is 2.37. The zero-order chi connectivity index (χ0) is 23.7. The number of ether oxygens (including phenoxy) is 2. The van der Waals surface area contributed by atoms with Gasteiger partial charge in [0.25, 0.3) is 0 Å². The molecule has 0 saturated heterocycles. The number of para-hydroxylation sites is 1. The van der Waals surface area contributed by atoms with Crippen molar-refractivity contribution >= 4 is 22.6 Å². The Hall–Kier alpha value is -3.93. The number of rotatable bonds is 5. The number of carbonyl (C=O) groups is 1. The Morgan fingerprint density at radius 3 is 2.56 bits per heavy atom. The summed E-state index contributed by atoms with van der Waals surface area (Å²) in [5, 5.41) is 4.31. The molecule has 0 aliphatic carbocycles. The molecule has 0 radical (unpaired) electrons. The van der Waals surface area contributed by atoms with Crippen LogP contribution >= 0.6 is 0 Å². The van der Waals surface area contributed by atoms with Crippen LogP contribution < -0.4 is 14.8 Å². The van der Waals surface area contributed by atoms with Crippen molar-refractivity contribution in [3.63, 3.8) is 0 Å². The minimum absolute atomic E-state index is 0.0943. The van der Waals surface area contributed by atoms with E-state index in [4.69, 9.17) is 9.47 Å². The molecule has 1 aromatic heterocycles. The third-order valence-corrected chi connectivity index (χ3v) is 6.79. The van der Waals surface area contributed by atoms with Gasteiger partial charge in [-0.1, -0.05) is 55.5 Å². The van der Waals surface area contributed by atoms with Crippen LogP contribution in [0.15, 0.2) is 72.8 Å². The molecule has 0 saturated carbocycles. The highest BCUT2D eigenvalue weighted by molar-refractivity contribution is 5.92. The molecule has 6 heteroatoms. The summed E-state index contributed by atoms with van der Waals surface area (Å²) in [5.41, 5.74) is 5.33. The van der Waals surface area contributed by atoms with E-state index in [0.29, 0.717) is 23.7 Å². The molecule has 2 heterocycles. The average molecular weight is 456 g/mol. The second kappa shape index (κ2) is 9.14. The van der Waals surface area contributed by atoms with Crippen molar-refractivity contribution in [2.24, 2.45) is 0 Å². The number of fused-ring (bicyclic) bond motifs is 3. The van der Waals surface area contributed by atoms with Gasteiger partial charge in [0.2, 0.25) is 0 Å². The first-order valence-electron chi connectivity index (χ1n) is 11.5. The molecule has 2 atom stereocenters. The van der Waals surface area contributed by atoms with Crippen molar-refractivity contribution in [3.05, 3.63) is 89.6 Å². The number of aromatic amines is 1. The van der Waals surface area contributed by atoms with Crippen LogP contribution in [0.4, 0.5) is 10.5 Å². The van der Waals surface area contributed by atoms with Gasteiger partial charge in [-0.2, -0.15) is 0 Å². The van der Waals surface area contributed by atoms with Crippen LogP contribution in [0.2, 0.25) is 0 Å². The summed E-state index contributed by atoms with van der Waals surface area (Å²) in [5.74, 6) is 1.33. The summed E-state index contributed by atoms with van der Waals surface area (Å²) >= 11 is 0. The molecule has 4 aromatic rings. The van der Waals surface area contributed by atoms with Gasteiger partial charge in [-0.25, -0.2) is 4.79 Å². The van der Waals surface area contributed by atoms with Gasteiger partial charge < -0.3 is 24.7 Å². The van der Waals surface area contributed by atoms with Crippen molar-refractivity contribution in [2.45, 2.75) is 25.3 Å². The topological polar surface area (TPSA) is 66.6 Å². The monoisotopic (exact) mass is 455 g/mol. The zero-order valence-electron chi connectivity index (χ0n) is 19.7. The number of H-pyrrole nitrogens is 1. The van der Waals surface area contributed by atoms with Crippen LogP contribution in [0, 0.1) is 0 Å². The quantitative estimate of drug-likeness (QED) is 0.381. The van der Waals surface area contributed by atoms with Crippen molar-refractivity contribution in [1.29, 1.82) is 0 Å². The number of hydrogen-bond acceptors (Lipinski definition) is 3. The summed E-state index contributed by atoms with van der Waals surface area (Å²) in [4.78, 5) is 19.3. The fourth-order valence-electron chi connectivity index (χ4n) is 5.05. The summed E-state index contributed by atoms with van der Waals surface area (Å²) in [6, 6.07) is 23.9. The Bertz CT molecular complexity index is 1320. The van der Waals surface area contributed by atoms with Crippen LogP contribution in [0.1, 0.15) is 35.7 Å². The maximum atomic E-state index is 13.7. The summed E-state index contributed by atoms with van der Waals surface area (Å²) < 4.78 is 10.8. The summed E-state index contributed by atoms with van der Waals surface area (Å²) in [6.07, 6.45) is 0.796. The van der Waals surface area contributed by atoms with Crippen LogP contribution in [0.5, 0.6) is 11.5 Å². The van der Waals surface area contributed by atoms with Crippen molar-refractivity contribution in [3.8, 4) is 11.5 Å². The molecule has 174 valence electrons. The van der Waals surface area contributed by atoms with Gasteiger partial charge in [-0.05, 0) is 35.7 Å². The van der Waals surface area contributed by atoms with Crippen LogP contribution in [0.25, 0.3) is 10.9 Å².